The van der Waals surface area contributed by atoms with Crippen molar-refractivity contribution in [1.29, 1.82) is 0 Å². The maximum absolute atomic E-state index is 5.34. The Morgan fingerprint density at radius 3 is 2.21 bits per heavy atom. The lowest BCUT2D eigenvalue weighted by Crippen LogP contribution is -2.53. The van der Waals surface area contributed by atoms with Crippen molar-refractivity contribution in [3.63, 3.8) is 0 Å². The number of ether oxygens (including phenoxy) is 2. The van der Waals surface area contributed by atoms with E-state index in [2.05, 4.69) is 4.99 Å². The molecule has 1 aliphatic rings. The Kier molecular flexibility index (Phi) is 2.35. The van der Waals surface area contributed by atoms with E-state index in [9.17, 15) is 0 Å². The normalized spacial score (nSPS) is 18.6. The maximum atomic E-state index is 5.34. The summed E-state index contributed by atoms with van der Waals surface area (Å²) in [6.07, 6.45) is 0. The van der Waals surface area contributed by atoms with Crippen LogP contribution in [0.15, 0.2) is 35.3 Å². The molecule has 74 valence electrons. The molecule has 0 spiro atoms. The predicted octanol–water partition coefficient (Wildman–Crippen LogP) is 1.48. The van der Waals surface area contributed by atoms with Gasteiger partial charge in [0.25, 0.3) is 0 Å². The summed E-state index contributed by atoms with van der Waals surface area (Å²) in [5.41, 5.74) is 1.94. The highest BCUT2D eigenvalue weighted by molar-refractivity contribution is 6.09. The lowest BCUT2D eigenvalue weighted by molar-refractivity contribution is -0.156. The summed E-state index contributed by atoms with van der Waals surface area (Å²) in [7, 11) is 3.28. The van der Waals surface area contributed by atoms with E-state index in [1.807, 2.05) is 30.3 Å². The van der Waals surface area contributed by atoms with Crippen molar-refractivity contribution < 1.29 is 9.47 Å². The summed E-state index contributed by atoms with van der Waals surface area (Å²) in [4.78, 5) is 4.30. The first-order valence-electron chi connectivity index (χ1n) is 4.53. The van der Waals surface area contributed by atoms with E-state index < -0.39 is 5.79 Å². The van der Waals surface area contributed by atoms with Gasteiger partial charge in [-0.1, -0.05) is 30.3 Å². The second-order valence-corrected chi connectivity index (χ2v) is 3.19. The van der Waals surface area contributed by atoms with Crippen LogP contribution in [-0.4, -0.2) is 32.3 Å². The van der Waals surface area contributed by atoms with Crippen molar-refractivity contribution in [3.8, 4) is 0 Å². The number of aliphatic imine (C=N–C) groups is 1. The molecule has 1 aliphatic heterocycles. The van der Waals surface area contributed by atoms with Gasteiger partial charge in [-0.15, -0.1) is 0 Å². The second-order valence-electron chi connectivity index (χ2n) is 3.19. The van der Waals surface area contributed by atoms with Crippen molar-refractivity contribution in [3.05, 3.63) is 35.9 Å². The van der Waals surface area contributed by atoms with Crippen molar-refractivity contribution in [1.82, 2.24) is 0 Å². The van der Waals surface area contributed by atoms with Gasteiger partial charge < -0.3 is 9.47 Å². The van der Waals surface area contributed by atoms with Crippen LogP contribution in [0, 0.1) is 0 Å². The molecule has 0 radical (unpaired) electrons. The minimum absolute atomic E-state index is 0.574. The third-order valence-corrected chi connectivity index (χ3v) is 2.51. The quantitative estimate of drug-likeness (QED) is 0.677. The van der Waals surface area contributed by atoms with Gasteiger partial charge in [-0.3, -0.25) is 4.99 Å². The Morgan fingerprint density at radius 2 is 1.79 bits per heavy atom. The van der Waals surface area contributed by atoms with E-state index in [1.54, 1.807) is 14.2 Å². The Labute approximate surface area is 83.4 Å². The summed E-state index contributed by atoms with van der Waals surface area (Å²) in [5, 5.41) is 0. The van der Waals surface area contributed by atoms with Gasteiger partial charge in [-0.25, -0.2) is 0 Å². The summed E-state index contributed by atoms with van der Waals surface area (Å²) in [6, 6.07) is 9.94. The van der Waals surface area contributed by atoms with Crippen LogP contribution in [0.2, 0.25) is 0 Å². The van der Waals surface area contributed by atoms with Gasteiger partial charge >= 0.3 is 0 Å². The molecule has 2 rings (SSSR count). The third kappa shape index (κ3) is 1.25. The summed E-state index contributed by atoms with van der Waals surface area (Å²) in [6.45, 7) is 0.574. The number of hydrogen-bond acceptors (Lipinski definition) is 3. The minimum Gasteiger partial charge on any atom is -0.347 e. The Bertz CT molecular complexity index is 342. The molecule has 0 N–H and O–H groups in total. The lowest BCUT2D eigenvalue weighted by atomic mass is 9.97. The Balaban J connectivity index is 2.30. The SMILES string of the molecule is COC1(OC)CN=C1c1ccccc1. The van der Waals surface area contributed by atoms with Crippen molar-refractivity contribution in [2.24, 2.45) is 4.99 Å². The van der Waals surface area contributed by atoms with Crippen LogP contribution in [0.1, 0.15) is 5.56 Å². The lowest BCUT2D eigenvalue weighted by Gasteiger charge is -2.37. The molecule has 3 heteroatoms. The highest BCUT2D eigenvalue weighted by Crippen LogP contribution is 2.27. The van der Waals surface area contributed by atoms with Crippen LogP contribution >= 0.6 is 0 Å². The van der Waals surface area contributed by atoms with Gasteiger partial charge in [0.1, 0.15) is 5.71 Å². The van der Waals surface area contributed by atoms with E-state index in [0.717, 1.165) is 11.3 Å². The van der Waals surface area contributed by atoms with Gasteiger partial charge in [0.05, 0.1) is 6.54 Å². The molecule has 0 aromatic heterocycles. The smallest absolute Gasteiger partial charge is 0.232 e. The van der Waals surface area contributed by atoms with Crippen LogP contribution in [0.25, 0.3) is 0 Å². The molecule has 0 fully saturated rings. The van der Waals surface area contributed by atoms with E-state index >= 15 is 0 Å². The van der Waals surface area contributed by atoms with E-state index in [0.29, 0.717) is 6.54 Å². The monoisotopic (exact) mass is 191 g/mol. The fourth-order valence-corrected chi connectivity index (χ4v) is 1.60. The molecule has 1 heterocycles. The van der Waals surface area contributed by atoms with Gasteiger partial charge in [-0.05, 0) is 0 Å². The van der Waals surface area contributed by atoms with Crippen molar-refractivity contribution in [2.45, 2.75) is 5.79 Å². The van der Waals surface area contributed by atoms with E-state index in [-0.39, 0.29) is 0 Å². The molecular formula is C11H13NO2. The van der Waals surface area contributed by atoms with Crippen LogP contribution in [0.4, 0.5) is 0 Å². The zero-order valence-electron chi connectivity index (χ0n) is 8.36. The Morgan fingerprint density at radius 1 is 1.14 bits per heavy atom. The zero-order valence-corrected chi connectivity index (χ0v) is 8.36. The van der Waals surface area contributed by atoms with E-state index in [1.165, 1.54) is 0 Å². The summed E-state index contributed by atoms with van der Waals surface area (Å²) >= 11 is 0. The molecule has 0 amide bonds. The molecule has 0 bridgehead atoms. The van der Waals surface area contributed by atoms with Gasteiger partial charge in [0, 0.05) is 19.8 Å². The van der Waals surface area contributed by atoms with Crippen LogP contribution in [0.3, 0.4) is 0 Å². The second kappa shape index (κ2) is 3.52. The van der Waals surface area contributed by atoms with Crippen molar-refractivity contribution in [2.75, 3.05) is 20.8 Å². The first-order valence-corrected chi connectivity index (χ1v) is 4.53. The minimum atomic E-state index is -0.624. The number of methoxy groups -OCH3 is 2. The molecule has 0 aliphatic carbocycles. The van der Waals surface area contributed by atoms with Crippen LogP contribution < -0.4 is 0 Å². The molecule has 14 heavy (non-hydrogen) atoms. The van der Waals surface area contributed by atoms with Gasteiger partial charge in [-0.2, -0.15) is 0 Å². The van der Waals surface area contributed by atoms with Crippen molar-refractivity contribution >= 4 is 5.71 Å². The first kappa shape index (κ1) is 9.37. The van der Waals surface area contributed by atoms with E-state index in [4.69, 9.17) is 9.47 Å². The molecule has 0 atom stereocenters. The highest BCUT2D eigenvalue weighted by Gasteiger charge is 2.43. The molecule has 0 unspecified atom stereocenters. The topological polar surface area (TPSA) is 30.8 Å². The summed E-state index contributed by atoms with van der Waals surface area (Å²) in [5.74, 6) is -0.624. The fraction of sp³-hybridized carbons (Fsp3) is 0.364. The van der Waals surface area contributed by atoms with Crippen LogP contribution in [0.5, 0.6) is 0 Å². The number of rotatable bonds is 3. The molecule has 1 aromatic carbocycles. The Hall–Kier alpha value is -1.19. The predicted molar refractivity (Wildman–Crippen MR) is 54.6 cm³/mol. The maximum Gasteiger partial charge on any atom is 0.232 e. The number of nitrogens with zero attached hydrogens (tertiary/aromatic N) is 1. The molecule has 0 saturated carbocycles. The molecule has 1 aromatic rings. The fourth-order valence-electron chi connectivity index (χ4n) is 1.60. The molecular weight excluding hydrogens is 178 g/mol. The number of benzene rings is 1. The summed E-state index contributed by atoms with van der Waals surface area (Å²) < 4.78 is 10.7. The highest BCUT2D eigenvalue weighted by atomic mass is 16.7. The van der Waals surface area contributed by atoms with Gasteiger partial charge in [0.15, 0.2) is 0 Å². The van der Waals surface area contributed by atoms with Gasteiger partial charge in [0.2, 0.25) is 5.79 Å². The average molecular weight is 191 g/mol. The first-order chi connectivity index (χ1) is 6.82. The molecule has 0 saturated heterocycles. The number of hydrogen-bond donors (Lipinski definition) is 0. The largest absolute Gasteiger partial charge is 0.347 e. The standard InChI is InChI=1S/C11H13NO2/c1-13-11(14-2)8-12-10(11)9-6-4-3-5-7-9/h3-7H,8H2,1-2H3. The zero-order chi connectivity index (χ0) is 10.0. The third-order valence-electron chi connectivity index (χ3n) is 2.51. The van der Waals surface area contributed by atoms with Crippen LogP contribution in [-0.2, 0) is 9.47 Å². The average Bonchev–Trinajstić information content (AvgIpc) is 2.20. The molecule has 3 nitrogen and oxygen atoms in total.